The Bertz CT molecular complexity index is 962. The number of amides is 1. The van der Waals surface area contributed by atoms with Gasteiger partial charge in [-0.2, -0.15) is 5.10 Å². The number of fused-ring (bicyclic) bond motifs is 3. The van der Waals surface area contributed by atoms with Gasteiger partial charge in [-0.05, 0) is 37.0 Å². The van der Waals surface area contributed by atoms with Gasteiger partial charge >= 0.3 is 0 Å². The van der Waals surface area contributed by atoms with Gasteiger partial charge in [-0.15, -0.1) is 0 Å². The molecule has 5 nitrogen and oxygen atoms in total. The maximum atomic E-state index is 13.5. The number of piperazine rings is 1. The Morgan fingerprint density at radius 1 is 1.21 bits per heavy atom. The van der Waals surface area contributed by atoms with Crippen LogP contribution in [-0.2, 0) is 4.79 Å². The number of nitrogens with zero attached hydrogens (tertiary/aromatic N) is 4. The Balaban J connectivity index is 1.28. The number of carbonyl (C=O) groups is 1. The van der Waals surface area contributed by atoms with Crippen molar-refractivity contribution >= 4 is 17.1 Å². The second-order valence-corrected chi connectivity index (χ2v) is 8.73. The van der Waals surface area contributed by atoms with Gasteiger partial charge in [0, 0.05) is 44.0 Å². The lowest BCUT2D eigenvalue weighted by atomic mass is 10.1. The molecular weight excluding hydrogens is 369 g/mol. The Hall–Kier alpha value is -2.25. The summed E-state index contributed by atoms with van der Waals surface area (Å²) in [6, 6.07) is 3.93. The molecule has 2 unspecified atom stereocenters. The van der Waals surface area contributed by atoms with Crippen molar-refractivity contribution in [3.05, 3.63) is 30.1 Å². The van der Waals surface area contributed by atoms with E-state index >= 15 is 0 Å². The SMILES string of the molecule is O=C([C@@H]1C[C@H]1F)N1C2CCC1CN(c1ccnn3cc([C@@H]4CC4(F)F)cc13)C2. The van der Waals surface area contributed by atoms with Gasteiger partial charge in [0.2, 0.25) is 5.91 Å². The monoisotopic (exact) mass is 390 g/mol. The summed E-state index contributed by atoms with van der Waals surface area (Å²) in [5.74, 6) is -3.77. The molecule has 2 saturated carbocycles. The van der Waals surface area contributed by atoms with Crippen LogP contribution < -0.4 is 4.90 Å². The summed E-state index contributed by atoms with van der Waals surface area (Å²) in [5.41, 5.74) is 2.42. The van der Waals surface area contributed by atoms with Gasteiger partial charge in [0.15, 0.2) is 0 Å². The third-order valence-electron chi connectivity index (χ3n) is 6.84. The molecule has 4 fully saturated rings. The average Bonchev–Trinajstić information content (AvgIpc) is 3.44. The molecule has 0 spiro atoms. The summed E-state index contributed by atoms with van der Waals surface area (Å²) in [6.45, 7) is 1.37. The summed E-state index contributed by atoms with van der Waals surface area (Å²) >= 11 is 0. The van der Waals surface area contributed by atoms with Crippen LogP contribution in [0.2, 0.25) is 0 Å². The highest BCUT2D eigenvalue weighted by molar-refractivity contribution is 5.84. The predicted octanol–water partition coefficient (Wildman–Crippen LogP) is 2.99. The minimum Gasteiger partial charge on any atom is -0.366 e. The molecule has 28 heavy (non-hydrogen) atoms. The maximum Gasteiger partial charge on any atom is 0.255 e. The van der Waals surface area contributed by atoms with Gasteiger partial charge in [0.1, 0.15) is 6.17 Å². The van der Waals surface area contributed by atoms with E-state index in [1.54, 1.807) is 16.9 Å². The summed E-state index contributed by atoms with van der Waals surface area (Å²) in [6.07, 6.45) is 4.55. The third kappa shape index (κ3) is 2.39. The number of hydrogen-bond acceptors (Lipinski definition) is 3. The van der Waals surface area contributed by atoms with Crippen LogP contribution in [0.5, 0.6) is 0 Å². The molecule has 2 saturated heterocycles. The van der Waals surface area contributed by atoms with Crippen LogP contribution in [0.15, 0.2) is 24.5 Å². The van der Waals surface area contributed by atoms with Crippen LogP contribution in [0.25, 0.3) is 5.52 Å². The van der Waals surface area contributed by atoms with Crippen molar-refractivity contribution in [2.75, 3.05) is 18.0 Å². The lowest BCUT2D eigenvalue weighted by Crippen LogP contribution is -2.56. The van der Waals surface area contributed by atoms with Gasteiger partial charge in [-0.1, -0.05) is 0 Å². The number of alkyl halides is 3. The molecule has 2 bridgehead atoms. The van der Waals surface area contributed by atoms with Crippen molar-refractivity contribution in [1.29, 1.82) is 0 Å². The molecular formula is C20H21F3N4O. The van der Waals surface area contributed by atoms with Gasteiger partial charge in [0.25, 0.3) is 5.92 Å². The van der Waals surface area contributed by atoms with E-state index < -0.39 is 23.9 Å². The zero-order valence-corrected chi connectivity index (χ0v) is 15.3. The molecule has 0 aromatic carbocycles. The summed E-state index contributed by atoms with van der Waals surface area (Å²) in [7, 11) is 0. The number of hydrogen-bond donors (Lipinski definition) is 0. The highest BCUT2D eigenvalue weighted by Gasteiger charge is 2.58. The van der Waals surface area contributed by atoms with Crippen molar-refractivity contribution in [2.24, 2.45) is 5.92 Å². The first-order chi connectivity index (χ1) is 13.4. The molecule has 0 radical (unpaired) electrons. The number of carbonyl (C=O) groups excluding carboxylic acids is 1. The standard InChI is InChI=1S/C20H21F3N4O/c21-16-6-14(16)19(28)27-12-1-2-13(27)10-25(9-12)17-3-4-24-26-8-11(5-18(17)26)15-7-20(15,22)23/h3-5,8,12-16H,1-2,6-7,9-10H2/t12?,13?,14-,15+,16-/m1/s1. The molecule has 2 aromatic rings. The zero-order valence-electron chi connectivity index (χ0n) is 15.3. The van der Waals surface area contributed by atoms with Crippen molar-refractivity contribution in [3.63, 3.8) is 0 Å². The molecule has 4 heterocycles. The summed E-state index contributed by atoms with van der Waals surface area (Å²) < 4.78 is 42.0. The first kappa shape index (κ1) is 16.7. The van der Waals surface area contributed by atoms with Crippen molar-refractivity contribution in [3.8, 4) is 0 Å². The number of halogens is 3. The Morgan fingerprint density at radius 2 is 1.89 bits per heavy atom. The Kier molecular flexibility index (Phi) is 3.23. The minimum atomic E-state index is -2.60. The van der Waals surface area contributed by atoms with Crippen molar-refractivity contribution in [1.82, 2.24) is 14.5 Å². The molecule has 5 atom stereocenters. The van der Waals surface area contributed by atoms with Crippen LogP contribution >= 0.6 is 0 Å². The van der Waals surface area contributed by atoms with Gasteiger partial charge in [-0.3, -0.25) is 4.79 Å². The number of rotatable bonds is 3. The second kappa shape index (κ2) is 5.42. The first-order valence-electron chi connectivity index (χ1n) is 9.99. The molecule has 6 rings (SSSR count). The molecule has 148 valence electrons. The van der Waals surface area contributed by atoms with Gasteiger partial charge < -0.3 is 9.80 Å². The highest BCUT2D eigenvalue weighted by Crippen LogP contribution is 2.56. The maximum absolute atomic E-state index is 13.5. The van der Waals surface area contributed by atoms with Crippen LogP contribution in [-0.4, -0.2) is 57.7 Å². The molecule has 0 N–H and O–H groups in total. The predicted molar refractivity (Wildman–Crippen MR) is 96.4 cm³/mol. The van der Waals surface area contributed by atoms with E-state index in [2.05, 4.69) is 10.00 Å². The average molecular weight is 390 g/mol. The van der Waals surface area contributed by atoms with Crippen LogP contribution in [0.4, 0.5) is 18.9 Å². The van der Waals surface area contributed by atoms with E-state index in [9.17, 15) is 18.0 Å². The molecule has 8 heteroatoms. The summed E-state index contributed by atoms with van der Waals surface area (Å²) in [5, 5.41) is 4.29. The largest absolute Gasteiger partial charge is 0.366 e. The van der Waals surface area contributed by atoms with Crippen molar-refractivity contribution < 1.29 is 18.0 Å². The smallest absolute Gasteiger partial charge is 0.255 e. The molecule has 1 amide bonds. The molecule has 2 aliphatic carbocycles. The Labute approximate surface area is 160 Å². The topological polar surface area (TPSA) is 40.9 Å². The van der Waals surface area contributed by atoms with E-state index in [1.807, 2.05) is 17.0 Å². The number of anilines is 1. The zero-order chi connectivity index (χ0) is 19.2. The number of aromatic nitrogens is 2. The first-order valence-corrected chi connectivity index (χ1v) is 9.99. The van der Waals surface area contributed by atoms with Crippen LogP contribution in [0.3, 0.4) is 0 Å². The van der Waals surface area contributed by atoms with E-state index in [4.69, 9.17) is 0 Å². The fourth-order valence-electron chi connectivity index (χ4n) is 5.12. The summed E-state index contributed by atoms with van der Waals surface area (Å²) in [4.78, 5) is 16.8. The lowest BCUT2D eigenvalue weighted by molar-refractivity contribution is -0.136. The highest BCUT2D eigenvalue weighted by atomic mass is 19.3. The van der Waals surface area contributed by atoms with E-state index in [1.165, 1.54) is 0 Å². The van der Waals surface area contributed by atoms with Gasteiger partial charge in [0.05, 0.1) is 23.0 Å². The van der Waals surface area contributed by atoms with E-state index in [0.717, 1.165) is 24.0 Å². The van der Waals surface area contributed by atoms with E-state index in [-0.39, 0.29) is 24.4 Å². The molecule has 2 aromatic heterocycles. The van der Waals surface area contributed by atoms with Crippen LogP contribution in [0, 0.1) is 5.92 Å². The van der Waals surface area contributed by atoms with Crippen LogP contribution in [0.1, 0.15) is 37.2 Å². The lowest BCUT2D eigenvalue weighted by Gasteiger charge is -2.42. The fraction of sp³-hybridized carbons (Fsp3) is 0.600. The van der Waals surface area contributed by atoms with Gasteiger partial charge in [-0.25, -0.2) is 17.7 Å². The molecule has 2 aliphatic heterocycles. The molecule has 4 aliphatic rings. The normalized spacial score (nSPS) is 35.5. The Morgan fingerprint density at radius 3 is 2.50 bits per heavy atom. The van der Waals surface area contributed by atoms with Crippen molar-refractivity contribution in [2.45, 2.75) is 55.8 Å². The second-order valence-electron chi connectivity index (χ2n) is 8.73. The fourth-order valence-corrected chi connectivity index (χ4v) is 5.12. The third-order valence-corrected chi connectivity index (χ3v) is 6.84. The van der Waals surface area contributed by atoms with E-state index in [0.29, 0.717) is 25.1 Å². The quantitative estimate of drug-likeness (QED) is 0.809. The minimum absolute atomic E-state index is 0.0273.